The highest BCUT2D eigenvalue weighted by atomic mass is 79.9. The zero-order valence-electron chi connectivity index (χ0n) is 7.37. The molecular weight excluding hydrogens is 281 g/mol. The largest absolute Gasteiger partial charge is 0.477 e. The summed E-state index contributed by atoms with van der Waals surface area (Å²) in [5, 5.41) is 10.1. The van der Waals surface area contributed by atoms with Crippen LogP contribution >= 0.6 is 27.5 Å². The number of pyridine rings is 1. The maximum atomic E-state index is 10.8. The number of carbonyl (C=O) groups is 1. The first-order chi connectivity index (χ1) is 7.09. The summed E-state index contributed by atoms with van der Waals surface area (Å²) in [7, 11) is 0. The molecule has 2 rings (SSSR count). The number of aromatic nitrogens is 1. The van der Waals surface area contributed by atoms with Crippen LogP contribution in [-0.2, 0) is 0 Å². The van der Waals surface area contributed by atoms with E-state index in [1.807, 2.05) is 6.07 Å². The van der Waals surface area contributed by atoms with Crippen molar-refractivity contribution in [3.05, 3.63) is 39.5 Å². The van der Waals surface area contributed by atoms with Gasteiger partial charge in [-0.3, -0.25) is 0 Å². The Morgan fingerprint density at radius 3 is 2.87 bits per heavy atom. The average molecular weight is 287 g/mol. The summed E-state index contributed by atoms with van der Waals surface area (Å²) in [6.45, 7) is 0. The molecule has 76 valence electrons. The molecule has 5 heteroatoms. The maximum absolute atomic E-state index is 10.8. The van der Waals surface area contributed by atoms with Crippen LogP contribution in [-0.4, -0.2) is 16.1 Å². The molecule has 0 spiro atoms. The Morgan fingerprint density at radius 2 is 2.20 bits per heavy atom. The second kappa shape index (κ2) is 3.79. The third kappa shape index (κ3) is 1.82. The molecule has 3 nitrogen and oxygen atoms in total. The summed E-state index contributed by atoms with van der Waals surface area (Å²) in [6, 6.07) is 6.75. The number of carboxylic acids is 1. The normalized spacial score (nSPS) is 10.5. The molecule has 0 unspecified atom stereocenters. The predicted molar refractivity (Wildman–Crippen MR) is 61.4 cm³/mol. The van der Waals surface area contributed by atoms with E-state index in [0.29, 0.717) is 15.0 Å². The molecule has 0 saturated carbocycles. The fourth-order valence-electron chi connectivity index (χ4n) is 1.28. The van der Waals surface area contributed by atoms with E-state index in [1.165, 1.54) is 6.07 Å². The molecule has 1 aromatic heterocycles. The van der Waals surface area contributed by atoms with Gasteiger partial charge in [0.25, 0.3) is 0 Å². The maximum Gasteiger partial charge on any atom is 0.354 e. The van der Waals surface area contributed by atoms with E-state index >= 15 is 0 Å². The average Bonchev–Trinajstić information content (AvgIpc) is 2.19. The lowest BCUT2D eigenvalue weighted by molar-refractivity contribution is 0.0691. The number of hydrogen-bond acceptors (Lipinski definition) is 2. The third-order valence-electron chi connectivity index (χ3n) is 1.96. The van der Waals surface area contributed by atoms with Crippen LogP contribution < -0.4 is 0 Å². The van der Waals surface area contributed by atoms with Gasteiger partial charge in [0.15, 0.2) is 0 Å². The summed E-state index contributed by atoms with van der Waals surface area (Å²) < 4.78 is 0.674. The number of carboxylic acid groups (broad SMARTS) is 1. The van der Waals surface area contributed by atoms with Crippen LogP contribution in [0.2, 0.25) is 5.02 Å². The van der Waals surface area contributed by atoms with Crippen molar-refractivity contribution in [2.45, 2.75) is 0 Å². The second-order valence-corrected chi connectivity index (χ2v) is 4.19. The van der Waals surface area contributed by atoms with Gasteiger partial charge in [-0.15, -0.1) is 0 Å². The Bertz CT molecular complexity index is 556. The highest BCUT2D eigenvalue weighted by molar-refractivity contribution is 9.10. The molecule has 15 heavy (non-hydrogen) atoms. The Labute approximate surface area is 98.8 Å². The number of rotatable bonds is 1. The summed E-state index contributed by atoms with van der Waals surface area (Å²) in [5.41, 5.74) is 0.466. The van der Waals surface area contributed by atoms with Crippen LogP contribution in [0.1, 0.15) is 10.5 Å². The van der Waals surface area contributed by atoms with Crippen molar-refractivity contribution in [3.63, 3.8) is 0 Å². The van der Waals surface area contributed by atoms with Crippen molar-refractivity contribution in [2.24, 2.45) is 0 Å². The molecular formula is C10H5BrClNO2. The monoisotopic (exact) mass is 285 g/mol. The molecule has 0 radical (unpaired) electrons. The van der Waals surface area contributed by atoms with E-state index in [-0.39, 0.29) is 5.69 Å². The van der Waals surface area contributed by atoms with Crippen LogP contribution in [0, 0.1) is 0 Å². The smallest absolute Gasteiger partial charge is 0.354 e. The van der Waals surface area contributed by atoms with E-state index in [0.717, 1.165) is 5.39 Å². The first-order valence-electron chi connectivity index (χ1n) is 4.07. The Balaban J connectivity index is 2.85. The number of para-hydroxylation sites is 1. The van der Waals surface area contributed by atoms with Gasteiger partial charge in [0, 0.05) is 9.86 Å². The first kappa shape index (κ1) is 10.4. The topological polar surface area (TPSA) is 50.2 Å². The van der Waals surface area contributed by atoms with Gasteiger partial charge >= 0.3 is 5.97 Å². The number of fused-ring (bicyclic) bond motifs is 1. The van der Waals surface area contributed by atoms with Crippen molar-refractivity contribution < 1.29 is 9.90 Å². The van der Waals surface area contributed by atoms with E-state index in [4.69, 9.17) is 16.7 Å². The third-order valence-corrected chi connectivity index (χ3v) is 2.92. The molecule has 0 aliphatic heterocycles. The van der Waals surface area contributed by atoms with E-state index in [9.17, 15) is 4.79 Å². The lowest BCUT2D eigenvalue weighted by Crippen LogP contribution is -2.00. The highest BCUT2D eigenvalue weighted by Crippen LogP contribution is 2.28. The number of hydrogen-bond donors (Lipinski definition) is 1. The Kier molecular flexibility index (Phi) is 2.63. The van der Waals surface area contributed by atoms with Gasteiger partial charge in [0.05, 0.1) is 10.5 Å². The first-order valence-corrected chi connectivity index (χ1v) is 5.25. The molecule has 0 fully saturated rings. The minimum absolute atomic E-state index is 0.0255. The molecule has 1 N–H and O–H groups in total. The Hall–Kier alpha value is -1.13. The minimum Gasteiger partial charge on any atom is -0.477 e. The van der Waals surface area contributed by atoms with Gasteiger partial charge in [-0.1, -0.05) is 39.7 Å². The zero-order valence-corrected chi connectivity index (χ0v) is 9.71. The van der Waals surface area contributed by atoms with E-state index in [2.05, 4.69) is 20.9 Å². The molecule has 0 aliphatic carbocycles. The van der Waals surface area contributed by atoms with Crippen LogP contribution in [0.4, 0.5) is 0 Å². The SMILES string of the molecule is O=C(O)c1cc(Br)c2cccc(Cl)c2n1. The minimum atomic E-state index is -1.07. The van der Waals surface area contributed by atoms with Gasteiger partial charge in [-0.2, -0.15) is 0 Å². The second-order valence-electron chi connectivity index (χ2n) is 2.93. The van der Waals surface area contributed by atoms with E-state index < -0.39 is 5.97 Å². The van der Waals surface area contributed by atoms with Crippen molar-refractivity contribution >= 4 is 44.4 Å². The molecule has 1 aromatic carbocycles. The van der Waals surface area contributed by atoms with Crippen molar-refractivity contribution in [3.8, 4) is 0 Å². The summed E-state index contributed by atoms with van der Waals surface area (Å²) in [4.78, 5) is 14.8. The van der Waals surface area contributed by atoms with Gasteiger partial charge in [0.1, 0.15) is 5.69 Å². The van der Waals surface area contributed by atoms with Crippen molar-refractivity contribution in [2.75, 3.05) is 0 Å². The molecule has 0 aliphatic rings. The number of aromatic carboxylic acids is 1. The fraction of sp³-hybridized carbons (Fsp3) is 0. The summed E-state index contributed by atoms with van der Waals surface area (Å²) in [5.74, 6) is -1.07. The van der Waals surface area contributed by atoms with Crippen LogP contribution in [0.15, 0.2) is 28.7 Å². The van der Waals surface area contributed by atoms with Crippen LogP contribution in [0.5, 0.6) is 0 Å². The lowest BCUT2D eigenvalue weighted by Gasteiger charge is -2.03. The van der Waals surface area contributed by atoms with Gasteiger partial charge in [-0.25, -0.2) is 9.78 Å². The summed E-state index contributed by atoms with van der Waals surface area (Å²) in [6.07, 6.45) is 0. The van der Waals surface area contributed by atoms with Crippen LogP contribution in [0.25, 0.3) is 10.9 Å². The van der Waals surface area contributed by atoms with Gasteiger partial charge in [-0.05, 0) is 12.1 Å². The van der Waals surface area contributed by atoms with Crippen molar-refractivity contribution in [1.29, 1.82) is 0 Å². The van der Waals surface area contributed by atoms with E-state index in [1.54, 1.807) is 12.1 Å². The molecule has 2 aromatic rings. The van der Waals surface area contributed by atoms with Gasteiger partial charge in [0.2, 0.25) is 0 Å². The quantitative estimate of drug-likeness (QED) is 0.874. The summed E-state index contributed by atoms with van der Waals surface area (Å²) >= 11 is 9.22. The van der Waals surface area contributed by atoms with Crippen LogP contribution in [0.3, 0.4) is 0 Å². The highest BCUT2D eigenvalue weighted by Gasteiger charge is 2.10. The molecule has 0 saturated heterocycles. The fourth-order valence-corrected chi connectivity index (χ4v) is 2.04. The number of halogens is 2. The van der Waals surface area contributed by atoms with Crippen molar-refractivity contribution in [1.82, 2.24) is 4.98 Å². The molecule has 1 heterocycles. The van der Waals surface area contributed by atoms with Gasteiger partial charge < -0.3 is 5.11 Å². The molecule has 0 bridgehead atoms. The number of nitrogens with zero attached hydrogens (tertiary/aromatic N) is 1. The molecule has 0 amide bonds. The number of benzene rings is 1. The molecule has 0 atom stereocenters. The Morgan fingerprint density at radius 1 is 1.47 bits per heavy atom. The predicted octanol–water partition coefficient (Wildman–Crippen LogP) is 3.35. The zero-order chi connectivity index (χ0) is 11.0. The lowest BCUT2D eigenvalue weighted by atomic mass is 10.2. The standard InChI is InChI=1S/C10H5BrClNO2/c11-6-4-8(10(14)15)13-9-5(6)2-1-3-7(9)12/h1-4H,(H,14,15).